The highest BCUT2D eigenvalue weighted by Gasteiger charge is 2.29. The van der Waals surface area contributed by atoms with Crippen molar-refractivity contribution in [2.45, 2.75) is 25.7 Å². The minimum Gasteiger partial charge on any atom is -0.339 e. The molecule has 9 heteroatoms. The summed E-state index contributed by atoms with van der Waals surface area (Å²) in [4.78, 5) is 38.0. The second-order valence-electron chi connectivity index (χ2n) is 7.76. The first-order chi connectivity index (χ1) is 14.9. The number of para-hydroxylation sites is 1. The van der Waals surface area contributed by atoms with Gasteiger partial charge in [0.15, 0.2) is 0 Å². The smallest absolute Gasteiger partial charge is 0.339 e. The monoisotopic (exact) mass is 421 g/mol. The summed E-state index contributed by atoms with van der Waals surface area (Å²) in [6.45, 7) is 2.63. The molecule has 3 aromatic rings. The van der Waals surface area contributed by atoms with E-state index in [4.69, 9.17) is 0 Å². The molecule has 1 saturated heterocycles. The molecule has 0 aliphatic carbocycles. The SMILES string of the molecule is Cc1ccc(C(=O)N2CCC(c3nn(C)c(=O)n3-c3ccccc3)CC2)cc1[N+](=O)[O-]. The Balaban J connectivity index is 1.53. The van der Waals surface area contributed by atoms with E-state index in [1.807, 2.05) is 30.3 Å². The standard InChI is InChI=1S/C22H23N5O4/c1-15-8-9-17(14-19(15)27(30)31)21(28)25-12-10-16(11-13-25)20-23-24(2)22(29)26(20)18-6-4-3-5-7-18/h3-9,14,16H,10-13H2,1-2H3. The van der Waals surface area contributed by atoms with E-state index >= 15 is 0 Å². The van der Waals surface area contributed by atoms with Crippen LogP contribution in [0.5, 0.6) is 0 Å². The predicted molar refractivity (Wildman–Crippen MR) is 115 cm³/mol. The lowest BCUT2D eigenvalue weighted by atomic mass is 9.95. The molecular formula is C22H23N5O4. The minimum atomic E-state index is -0.470. The molecule has 1 aliphatic rings. The van der Waals surface area contributed by atoms with Crippen molar-refractivity contribution < 1.29 is 9.72 Å². The number of rotatable bonds is 4. The molecule has 1 fully saturated rings. The number of nitro groups is 1. The van der Waals surface area contributed by atoms with Crippen molar-refractivity contribution in [1.29, 1.82) is 0 Å². The number of piperidine rings is 1. The largest absolute Gasteiger partial charge is 0.350 e. The quantitative estimate of drug-likeness (QED) is 0.476. The maximum atomic E-state index is 12.9. The molecule has 0 atom stereocenters. The van der Waals surface area contributed by atoms with E-state index in [-0.39, 0.29) is 23.2 Å². The second-order valence-corrected chi connectivity index (χ2v) is 7.76. The van der Waals surface area contributed by atoms with Gasteiger partial charge in [-0.25, -0.2) is 14.0 Å². The molecule has 9 nitrogen and oxygen atoms in total. The van der Waals surface area contributed by atoms with Crippen molar-refractivity contribution in [3.05, 3.63) is 86.1 Å². The van der Waals surface area contributed by atoms with Gasteiger partial charge in [0.2, 0.25) is 0 Å². The number of likely N-dealkylation sites (tertiary alicyclic amines) is 1. The summed E-state index contributed by atoms with van der Waals surface area (Å²) in [6, 6.07) is 14.0. The van der Waals surface area contributed by atoms with Gasteiger partial charge in [0.1, 0.15) is 5.82 Å². The molecule has 1 aromatic heterocycles. The van der Waals surface area contributed by atoms with E-state index in [2.05, 4.69) is 5.10 Å². The first-order valence-electron chi connectivity index (χ1n) is 10.1. The lowest BCUT2D eigenvalue weighted by molar-refractivity contribution is -0.385. The number of nitro benzene ring substituents is 1. The molecule has 0 radical (unpaired) electrons. The van der Waals surface area contributed by atoms with Crippen molar-refractivity contribution in [3.8, 4) is 5.69 Å². The van der Waals surface area contributed by atoms with E-state index in [9.17, 15) is 19.7 Å². The van der Waals surface area contributed by atoms with E-state index in [1.54, 1.807) is 35.6 Å². The van der Waals surface area contributed by atoms with E-state index in [0.717, 1.165) is 5.69 Å². The third-order valence-corrected chi connectivity index (χ3v) is 5.76. The fourth-order valence-electron chi connectivity index (χ4n) is 4.03. The molecule has 0 spiro atoms. The lowest BCUT2D eigenvalue weighted by Crippen LogP contribution is -2.38. The number of carbonyl (C=O) groups is 1. The maximum absolute atomic E-state index is 12.9. The molecule has 2 aromatic carbocycles. The summed E-state index contributed by atoms with van der Waals surface area (Å²) in [5, 5.41) is 15.7. The molecule has 2 heterocycles. The van der Waals surface area contributed by atoms with Gasteiger partial charge < -0.3 is 4.90 Å². The van der Waals surface area contributed by atoms with Gasteiger partial charge in [-0.2, -0.15) is 5.10 Å². The maximum Gasteiger partial charge on any atom is 0.350 e. The fraction of sp³-hybridized carbons (Fsp3) is 0.318. The zero-order chi connectivity index (χ0) is 22.1. The fourth-order valence-corrected chi connectivity index (χ4v) is 4.03. The van der Waals surface area contributed by atoms with Gasteiger partial charge in [0.25, 0.3) is 11.6 Å². The van der Waals surface area contributed by atoms with E-state index < -0.39 is 4.92 Å². The Kier molecular flexibility index (Phi) is 5.41. The summed E-state index contributed by atoms with van der Waals surface area (Å²) in [5.74, 6) is 0.505. The Morgan fingerprint density at radius 2 is 1.81 bits per heavy atom. The number of aryl methyl sites for hydroxylation is 2. The van der Waals surface area contributed by atoms with Gasteiger partial charge in [0, 0.05) is 43.2 Å². The summed E-state index contributed by atoms with van der Waals surface area (Å²) in [5.41, 5.74) is 1.35. The summed E-state index contributed by atoms with van der Waals surface area (Å²) < 4.78 is 2.97. The molecule has 4 rings (SSSR count). The Morgan fingerprint density at radius 1 is 1.13 bits per heavy atom. The van der Waals surface area contributed by atoms with E-state index in [0.29, 0.717) is 42.9 Å². The van der Waals surface area contributed by atoms with Crippen LogP contribution in [0.1, 0.15) is 40.5 Å². The summed E-state index contributed by atoms with van der Waals surface area (Å²) >= 11 is 0. The zero-order valence-corrected chi connectivity index (χ0v) is 17.4. The first kappa shape index (κ1) is 20.5. The van der Waals surface area contributed by atoms with Crippen LogP contribution in [0.15, 0.2) is 53.3 Å². The highest BCUT2D eigenvalue weighted by atomic mass is 16.6. The van der Waals surface area contributed by atoms with Crippen LogP contribution in [0.2, 0.25) is 0 Å². The van der Waals surface area contributed by atoms with Crippen LogP contribution in [0.3, 0.4) is 0 Å². The second kappa shape index (κ2) is 8.17. The summed E-state index contributed by atoms with van der Waals surface area (Å²) in [7, 11) is 1.63. The number of hydrogen-bond acceptors (Lipinski definition) is 5. The van der Waals surface area contributed by atoms with E-state index in [1.165, 1.54) is 10.7 Å². The summed E-state index contributed by atoms with van der Waals surface area (Å²) in [6.07, 6.45) is 1.31. The third kappa shape index (κ3) is 3.86. The normalized spacial score (nSPS) is 14.6. The van der Waals surface area contributed by atoms with Crippen molar-refractivity contribution in [3.63, 3.8) is 0 Å². The first-order valence-corrected chi connectivity index (χ1v) is 10.1. The Bertz CT molecular complexity index is 1190. The molecule has 1 amide bonds. The predicted octanol–water partition coefficient (Wildman–Crippen LogP) is 2.81. The van der Waals surface area contributed by atoms with Crippen molar-refractivity contribution >= 4 is 11.6 Å². The Hall–Kier alpha value is -3.75. The van der Waals surface area contributed by atoms with Crippen LogP contribution in [-0.4, -0.2) is 43.2 Å². The van der Waals surface area contributed by atoms with Crippen LogP contribution in [0.25, 0.3) is 5.69 Å². The lowest BCUT2D eigenvalue weighted by Gasteiger charge is -2.31. The highest BCUT2D eigenvalue weighted by Crippen LogP contribution is 2.29. The Morgan fingerprint density at radius 3 is 2.45 bits per heavy atom. The van der Waals surface area contributed by atoms with Gasteiger partial charge in [-0.3, -0.25) is 14.9 Å². The number of carbonyl (C=O) groups excluding carboxylic acids is 1. The average molecular weight is 421 g/mol. The number of benzene rings is 2. The van der Waals surface area contributed by atoms with Crippen LogP contribution in [0, 0.1) is 17.0 Å². The zero-order valence-electron chi connectivity index (χ0n) is 17.4. The molecule has 1 aliphatic heterocycles. The average Bonchev–Trinajstić information content (AvgIpc) is 3.08. The van der Waals surface area contributed by atoms with Crippen LogP contribution in [-0.2, 0) is 7.05 Å². The number of hydrogen-bond donors (Lipinski definition) is 0. The molecule has 0 saturated carbocycles. The molecule has 0 N–H and O–H groups in total. The minimum absolute atomic E-state index is 0.0329. The molecule has 31 heavy (non-hydrogen) atoms. The van der Waals surface area contributed by atoms with Crippen LogP contribution in [0.4, 0.5) is 5.69 Å². The molecular weight excluding hydrogens is 398 g/mol. The van der Waals surface area contributed by atoms with Crippen molar-refractivity contribution in [2.24, 2.45) is 7.05 Å². The number of amides is 1. The van der Waals surface area contributed by atoms with Gasteiger partial charge in [0.05, 0.1) is 10.6 Å². The van der Waals surface area contributed by atoms with Gasteiger partial charge in [-0.15, -0.1) is 0 Å². The van der Waals surface area contributed by atoms with Crippen LogP contribution >= 0.6 is 0 Å². The molecule has 160 valence electrons. The van der Waals surface area contributed by atoms with Gasteiger partial charge in [-0.1, -0.05) is 24.3 Å². The van der Waals surface area contributed by atoms with Crippen molar-refractivity contribution in [2.75, 3.05) is 13.1 Å². The number of aromatic nitrogens is 3. The third-order valence-electron chi connectivity index (χ3n) is 5.76. The Labute approximate surface area is 178 Å². The number of nitrogens with zero attached hydrogens (tertiary/aromatic N) is 5. The highest BCUT2D eigenvalue weighted by molar-refractivity contribution is 5.95. The van der Waals surface area contributed by atoms with Gasteiger partial charge in [-0.05, 0) is 38.0 Å². The molecule has 0 bridgehead atoms. The molecule has 0 unspecified atom stereocenters. The van der Waals surface area contributed by atoms with Crippen LogP contribution < -0.4 is 5.69 Å². The van der Waals surface area contributed by atoms with Crippen molar-refractivity contribution in [1.82, 2.24) is 19.2 Å². The van der Waals surface area contributed by atoms with Gasteiger partial charge >= 0.3 is 5.69 Å². The topological polar surface area (TPSA) is 103 Å².